The largest absolute Gasteiger partial charge is 0.384 e. The minimum absolute atomic E-state index is 0.115. The SMILES string of the molecule is CC1CCCC(CNc2ccc([N+](=O)[O-])cc2Br)C1. The van der Waals surface area contributed by atoms with E-state index in [0.29, 0.717) is 5.92 Å². The first-order valence-corrected chi connectivity index (χ1v) is 7.53. The molecule has 1 aromatic rings. The number of nitrogens with zero attached hydrogens (tertiary/aromatic N) is 1. The Morgan fingerprint density at radius 1 is 1.47 bits per heavy atom. The molecule has 1 aliphatic rings. The van der Waals surface area contributed by atoms with Gasteiger partial charge < -0.3 is 5.32 Å². The maximum absolute atomic E-state index is 10.7. The van der Waals surface area contributed by atoms with Gasteiger partial charge in [0.1, 0.15) is 0 Å². The molecule has 0 radical (unpaired) electrons. The molecule has 1 fully saturated rings. The zero-order valence-corrected chi connectivity index (χ0v) is 12.6. The number of nitrogens with one attached hydrogen (secondary N) is 1. The predicted molar refractivity (Wildman–Crippen MR) is 80.4 cm³/mol. The quantitative estimate of drug-likeness (QED) is 0.650. The molecule has 0 amide bonds. The van der Waals surface area contributed by atoms with Crippen molar-refractivity contribution in [3.63, 3.8) is 0 Å². The number of hydrogen-bond donors (Lipinski definition) is 1. The molecule has 0 aliphatic heterocycles. The summed E-state index contributed by atoms with van der Waals surface area (Å²) in [7, 11) is 0. The van der Waals surface area contributed by atoms with E-state index < -0.39 is 0 Å². The van der Waals surface area contributed by atoms with E-state index in [0.717, 1.165) is 22.6 Å². The first kappa shape index (κ1) is 14.3. The molecule has 0 saturated heterocycles. The molecule has 0 aromatic heterocycles. The van der Waals surface area contributed by atoms with Crippen LogP contribution < -0.4 is 5.32 Å². The molecule has 0 spiro atoms. The van der Waals surface area contributed by atoms with E-state index in [9.17, 15) is 10.1 Å². The molecular weight excluding hydrogens is 308 g/mol. The van der Waals surface area contributed by atoms with Crippen molar-refractivity contribution in [3.05, 3.63) is 32.8 Å². The second kappa shape index (κ2) is 6.37. The molecule has 1 aliphatic carbocycles. The van der Waals surface area contributed by atoms with Crippen LogP contribution in [0.1, 0.15) is 32.6 Å². The summed E-state index contributed by atoms with van der Waals surface area (Å²) in [5, 5.41) is 14.1. The Kier molecular flexibility index (Phi) is 4.80. The van der Waals surface area contributed by atoms with Crippen molar-refractivity contribution in [2.45, 2.75) is 32.6 Å². The molecule has 2 atom stereocenters. The van der Waals surface area contributed by atoms with Crippen molar-refractivity contribution in [1.29, 1.82) is 0 Å². The smallest absolute Gasteiger partial charge is 0.270 e. The minimum Gasteiger partial charge on any atom is -0.384 e. The summed E-state index contributed by atoms with van der Waals surface area (Å²) in [4.78, 5) is 10.3. The second-order valence-corrected chi connectivity index (χ2v) is 6.29. The van der Waals surface area contributed by atoms with E-state index in [1.807, 2.05) is 0 Å². The molecule has 104 valence electrons. The zero-order chi connectivity index (χ0) is 13.8. The lowest BCUT2D eigenvalue weighted by Crippen LogP contribution is -2.21. The van der Waals surface area contributed by atoms with Gasteiger partial charge in [-0.3, -0.25) is 10.1 Å². The summed E-state index contributed by atoms with van der Waals surface area (Å²) in [6.07, 6.45) is 5.21. The summed E-state index contributed by atoms with van der Waals surface area (Å²) in [5.41, 5.74) is 1.05. The highest BCUT2D eigenvalue weighted by Gasteiger charge is 2.19. The van der Waals surface area contributed by atoms with Crippen LogP contribution in [0.15, 0.2) is 22.7 Å². The number of nitro benzene ring substituents is 1. The van der Waals surface area contributed by atoms with Crippen LogP contribution in [0.4, 0.5) is 11.4 Å². The molecule has 5 heteroatoms. The van der Waals surface area contributed by atoms with Crippen molar-refractivity contribution in [3.8, 4) is 0 Å². The van der Waals surface area contributed by atoms with Crippen LogP contribution in [0.25, 0.3) is 0 Å². The van der Waals surface area contributed by atoms with Gasteiger partial charge in [-0.15, -0.1) is 0 Å². The van der Waals surface area contributed by atoms with E-state index in [1.54, 1.807) is 12.1 Å². The average molecular weight is 327 g/mol. The van der Waals surface area contributed by atoms with Gasteiger partial charge in [0.2, 0.25) is 0 Å². The van der Waals surface area contributed by atoms with Crippen LogP contribution >= 0.6 is 15.9 Å². The zero-order valence-electron chi connectivity index (χ0n) is 11.1. The maximum Gasteiger partial charge on any atom is 0.270 e. The lowest BCUT2D eigenvalue weighted by atomic mass is 9.82. The Bertz CT molecular complexity index is 465. The third-order valence-corrected chi connectivity index (χ3v) is 4.45. The monoisotopic (exact) mass is 326 g/mol. The highest BCUT2D eigenvalue weighted by Crippen LogP contribution is 2.31. The van der Waals surface area contributed by atoms with Crippen molar-refractivity contribution >= 4 is 27.3 Å². The van der Waals surface area contributed by atoms with E-state index in [4.69, 9.17) is 0 Å². The second-order valence-electron chi connectivity index (χ2n) is 5.44. The summed E-state index contributed by atoms with van der Waals surface area (Å²) in [5.74, 6) is 1.53. The molecule has 2 unspecified atom stereocenters. The first-order chi connectivity index (χ1) is 9.06. The molecule has 2 rings (SSSR count). The van der Waals surface area contributed by atoms with Crippen LogP contribution in [0.3, 0.4) is 0 Å². The number of halogens is 1. The summed E-state index contributed by atoms with van der Waals surface area (Å²) < 4.78 is 0.755. The van der Waals surface area contributed by atoms with Crippen molar-refractivity contribution in [2.24, 2.45) is 11.8 Å². The lowest BCUT2D eigenvalue weighted by molar-refractivity contribution is -0.384. The predicted octanol–water partition coefficient (Wildman–Crippen LogP) is 4.60. The van der Waals surface area contributed by atoms with Crippen molar-refractivity contribution in [2.75, 3.05) is 11.9 Å². The molecule has 0 bridgehead atoms. The molecule has 0 heterocycles. The molecule has 4 nitrogen and oxygen atoms in total. The van der Waals surface area contributed by atoms with E-state index in [2.05, 4.69) is 28.2 Å². The third-order valence-electron chi connectivity index (χ3n) is 3.79. The highest BCUT2D eigenvalue weighted by molar-refractivity contribution is 9.10. The normalized spacial score (nSPS) is 23.1. The first-order valence-electron chi connectivity index (χ1n) is 6.74. The fourth-order valence-corrected chi connectivity index (χ4v) is 3.27. The van der Waals surface area contributed by atoms with Crippen molar-refractivity contribution in [1.82, 2.24) is 0 Å². The van der Waals surface area contributed by atoms with Gasteiger partial charge >= 0.3 is 0 Å². The molecular formula is C14H19BrN2O2. The Morgan fingerprint density at radius 3 is 2.89 bits per heavy atom. The van der Waals surface area contributed by atoms with Crippen LogP contribution in [0.5, 0.6) is 0 Å². The number of rotatable bonds is 4. The topological polar surface area (TPSA) is 55.2 Å². The summed E-state index contributed by atoms with van der Waals surface area (Å²) in [6, 6.07) is 4.86. The number of anilines is 1. The fourth-order valence-electron chi connectivity index (χ4n) is 2.76. The Balaban J connectivity index is 1.94. The minimum atomic E-state index is -0.378. The van der Waals surface area contributed by atoms with Crippen LogP contribution in [0.2, 0.25) is 0 Å². The van der Waals surface area contributed by atoms with Gasteiger partial charge in [-0.2, -0.15) is 0 Å². The number of non-ortho nitro benzene ring substituents is 1. The van der Waals surface area contributed by atoms with Gasteiger partial charge in [0.05, 0.1) is 4.92 Å². The molecule has 19 heavy (non-hydrogen) atoms. The van der Waals surface area contributed by atoms with E-state index in [-0.39, 0.29) is 10.6 Å². The highest BCUT2D eigenvalue weighted by atomic mass is 79.9. The van der Waals surface area contributed by atoms with Gasteiger partial charge in [0.25, 0.3) is 5.69 Å². The fraction of sp³-hybridized carbons (Fsp3) is 0.571. The van der Waals surface area contributed by atoms with E-state index in [1.165, 1.54) is 31.7 Å². The van der Waals surface area contributed by atoms with Gasteiger partial charge in [0.15, 0.2) is 0 Å². The van der Waals surface area contributed by atoms with Crippen LogP contribution in [-0.2, 0) is 0 Å². The van der Waals surface area contributed by atoms with Gasteiger partial charge in [-0.1, -0.05) is 19.8 Å². The van der Waals surface area contributed by atoms with Gasteiger partial charge in [-0.05, 0) is 46.7 Å². The Hall–Kier alpha value is -1.10. The molecule has 1 N–H and O–H groups in total. The maximum atomic E-state index is 10.7. The summed E-state index contributed by atoms with van der Waals surface area (Å²) >= 11 is 3.39. The molecule has 1 saturated carbocycles. The number of benzene rings is 1. The van der Waals surface area contributed by atoms with Crippen molar-refractivity contribution < 1.29 is 4.92 Å². The summed E-state index contributed by atoms with van der Waals surface area (Å²) in [6.45, 7) is 3.26. The number of hydrogen-bond acceptors (Lipinski definition) is 3. The Morgan fingerprint density at radius 2 is 2.26 bits per heavy atom. The Labute approximate surface area is 121 Å². The average Bonchev–Trinajstić information content (AvgIpc) is 2.37. The molecule has 1 aromatic carbocycles. The third kappa shape index (κ3) is 3.93. The van der Waals surface area contributed by atoms with Gasteiger partial charge in [0, 0.05) is 28.8 Å². The van der Waals surface area contributed by atoms with Crippen LogP contribution in [-0.4, -0.2) is 11.5 Å². The standard InChI is InChI=1S/C14H19BrN2O2/c1-10-3-2-4-11(7-10)9-16-14-6-5-12(17(18)19)8-13(14)15/h5-6,8,10-11,16H,2-4,7,9H2,1H3. The lowest BCUT2D eigenvalue weighted by Gasteiger charge is -2.27. The van der Waals surface area contributed by atoms with E-state index >= 15 is 0 Å². The van der Waals surface area contributed by atoms with Crippen LogP contribution in [0, 0.1) is 22.0 Å². The van der Waals surface area contributed by atoms with Gasteiger partial charge in [-0.25, -0.2) is 0 Å². The number of nitro groups is 1.